The minimum Gasteiger partial charge on any atom is -0.336 e. The van der Waals surface area contributed by atoms with Crippen LogP contribution in [0, 0.1) is 18.3 Å². The van der Waals surface area contributed by atoms with Crippen molar-refractivity contribution in [2.75, 3.05) is 20.1 Å². The molecule has 2 amide bonds. The van der Waals surface area contributed by atoms with Gasteiger partial charge in [0.25, 0.3) is 11.8 Å². The van der Waals surface area contributed by atoms with Gasteiger partial charge in [0.05, 0.1) is 27.7 Å². The van der Waals surface area contributed by atoms with E-state index in [0.717, 1.165) is 11.1 Å². The number of hydrogen-bond donors (Lipinski definition) is 0. The molecule has 6 nitrogen and oxygen atoms in total. The quantitative estimate of drug-likeness (QED) is 0.516. The maximum Gasteiger partial charge on any atom is 0.272 e. The van der Waals surface area contributed by atoms with Gasteiger partial charge >= 0.3 is 0 Å². The van der Waals surface area contributed by atoms with E-state index < -0.39 is 0 Å². The van der Waals surface area contributed by atoms with Crippen LogP contribution < -0.4 is 0 Å². The predicted octanol–water partition coefficient (Wildman–Crippen LogP) is 4.95. The van der Waals surface area contributed by atoms with Crippen LogP contribution in [0.1, 0.15) is 43.5 Å². The minimum atomic E-state index is -0.297. The third-order valence-corrected chi connectivity index (χ3v) is 6.90. The van der Waals surface area contributed by atoms with Crippen molar-refractivity contribution in [2.45, 2.75) is 18.9 Å². The van der Waals surface area contributed by atoms with Gasteiger partial charge in [0.2, 0.25) is 0 Å². The van der Waals surface area contributed by atoms with Crippen LogP contribution in [-0.2, 0) is 0 Å². The molecule has 1 aromatic heterocycles. The lowest BCUT2D eigenvalue weighted by atomic mass is 9.93. The molecular formula is C26H22Cl2N4O2. The molecule has 1 saturated heterocycles. The Balaban J connectivity index is 1.66. The Morgan fingerprint density at radius 2 is 1.79 bits per heavy atom. The van der Waals surface area contributed by atoms with Gasteiger partial charge in [-0.05, 0) is 66.6 Å². The predicted molar refractivity (Wildman–Crippen MR) is 131 cm³/mol. The molecule has 1 aliphatic heterocycles. The first-order chi connectivity index (χ1) is 16.3. The number of likely N-dealkylation sites (N-methyl/N-ethyl adjacent to an activating group) is 1. The monoisotopic (exact) mass is 492 g/mol. The number of nitriles is 1. The van der Waals surface area contributed by atoms with Gasteiger partial charge in [-0.25, -0.2) is 0 Å². The minimum absolute atomic E-state index is 0.161. The van der Waals surface area contributed by atoms with Crippen LogP contribution in [0.25, 0.3) is 0 Å². The summed E-state index contributed by atoms with van der Waals surface area (Å²) in [5.74, 6) is -0.547. The first kappa shape index (κ1) is 23.7. The smallest absolute Gasteiger partial charge is 0.272 e. The summed E-state index contributed by atoms with van der Waals surface area (Å²) in [4.78, 5) is 34.2. The van der Waals surface area contributed by atoms with Crippen LogP contribution in [-0.4, -0.2) is 52.8 Å². The fourth-order valence-corrected chi connectivity index (χ4v) is 4.58. The lowest BCUT2D eigenvalue weighted by molar-refractivity contribution is 0.0691. The second-order valence-corrected chi connectivity index (χ2v) is 9.20. The highest BCUT2D eigenvalue weighted by molar-refractivity contribution is 6.42. The Morgan fingerprint density at radius 1 is 1.06 bits per heavy atom. The molecule has 0 saturated carbocycles. The van der Waals surface area contributed by atoms with E-state index in [9.17, 15) is 9.59 Å². The summed E-state index contributed by atoms with van der Waals surface area (Å²) in [5, 5.41) is 9.90. The maximum absolute atomic E-state index is 13.3. The normalized spacial score (nSPS) is 17.3. The molecule has 4 rings (SSSR count). The van der Waals surface area contributed by atoms with Crippen molar-refractivity contribution in [3.8, 4) is 6.07 Å². The van der Waals surface area contributed by atoms with Crippen molar-refractivity contribution in [3.05, 3.63) is 98.8 Å². The van der Waals surface area contributed by atoms with Crippen molar-refractivity contribution in [3.63, 3.8) is 0 Å². The molecule has 0 spiro atoms. The van der Waals surface area contributed by atoms with Gasteiger partial charge in [-0.2, -0.15) is 5.26 Å². The average Bonchev–Trinajstić information content (AvgIpc) is 3.30. The van der Waals surface area contributed by atoms with Crippen LogP contribution in [0.5, 0.6) is 0 Å². The fraction of sp³-hybridized carbons (Fsp3) is 0.231. The van der Waals surface area contributed by atoms with E-state index in [0.29, 0.717) is 40.0 Å². The lowest BCUT2D eigenvalue weighted by Crippen LogP contribution is -2.42. The highest BCUT2D eigenvalue weighted by atomic mass is 35.5. The molecule has 2 heterocycles. The standard InChI is InChI=1S/C26H22Cl2N4O2/c1-16-9-10-30-23(11-16)26(34)31(2)24-15-32(25(33)18-5-3-17(13-29)4-6-18)14-20(24)19-7-8-21(27)22(28)12-19/h3-12,20,24H,14-15H2,1-2H3/t20-,24+/m0/s1. The summed E-state index contributed by atoms with van der Waals surface area (Å²) >= 11 is 12.4. The summed E-state index contributed by atoms with van der Waals surface area (Å²) in [5.41, 5.74) is 3.16. The van der Waals surface area contributed by atoms with E-state index in [1.54, 1.807) is 65.5 Å². The van der Waals surface area contributed by atoms with Gasteiger partial charge in [0.1, 0.15) is 5.69 Å². The molecule has 0 bridgehead atoms. The Bertz CT molecular complexity index is 1290. The Labute approximate surface area is 208 Å². The van der Waals surface area contributed by atoms with Crippen LogP contribution in [0.3, 0.4) is 0 Å². The van der Waals surface area contributed by atoms with Gasteiger partial charge in [-0.3, -0.25) is 14.6 Å². The number of amides is 2. The molecule has 34 heavy (non-hydrogen) atoms. The molecule has 0 unspecified atom stereocenters. The number of carbonyl (C=O) groups is 2. The van der Waals surface area contributed by atoms with Gasteiger partial charge in [0, 0.05) is 37.8 Å². The Hall–Kier alpha value is -3.40. The molecule has 8 heteroatoms. The third kappa shape index (κ3) is 4.77. The first-order valence-corrected chi connectivity index (χ1v) is 11.5. The second-order valence-electron chi connectivity index (χ2n) is 8.38. The second kappa shape index (κ2) is 9.84. The molecule has 0 radical (unpaired) electrons. The number of aromatic nitrogens is 1. The van der Waals surface area contributed by atoms with E-state index in [1.807, 2.05) is 19.1 Å². The fourth-order valence-electron chi connectivity index (χ4n) is 4.27. The van der Waals surface area contributed by atoms with Gasteiger partial charge < -0.3 is 9.80 Å². The van der Waals surface area contributed by atoms with Crippen molar-refractivity contribution in [1.82, 2.24) is 14.8 Å². The number of aryl methyl sites for hydroxylation is 1. The number of pyridine rings is 1. The van der Waals surface area contributed by atoms with Crippen molar-refractivity contribution in [2.24, 2.45) is 0 Å². The number of rotatable bonds is 4. The molecule has 1 fully saturated rings. The van der Waals surface area contributed by atoms with E-state index >= 15 is 0 Å². The van der Waals surface area contributed by atoms with Crippen molar-refractivity contribution >= 4 is 35.0 Å². The van der Waals surface area contributed by atoms with Crippen molar-refractivity contribution < 1.29 is 9.59 Å². The average molecular weight is 493 g/mol. The number of hydrogen-bond acceptors (Lipinski definition) is 4. The van der Waals surface area contributed by atoms with Gasteiger partial charge in [-0.15, -0.1) is 0 Å². The van der Waals surface area contributed by atoms with Crippen LogP contribution in [0.15, 0.2) is 60.8 Å². The van der Waals surface area contributed by atoms with E-state index in [4.69, 9.17) is 28.5 Å². The molecular weight excluding hydrogens is 471 g/mol. The largest absolute Gasteiger partial charge is 0.336 e. The van der Waals surface area contributed by atoms with Crippen LogP contribution in [0.2, 0.25) is 10.0 Å². The molecule has 3 aromatic rings. The zero-order valence-electron chi connectivity index (χ0n) is 18.7. The number of halogens is 2. The first-order valence-electron chi connectivity index (χ1n) is 10.7. The summed E-state index contributed by atoms with van der Waals surface area (Å²) in [6.45, 7) is 2.66. The lowest BCUT2D eigenvalue weighted by Gasteiger charge is -2.29. The zero-order valence-corrected chi connectivity index (χ0v) is 20.2. The van der Waals surface area contributed by atoms with E-state index in [-0.39, 0.29) is 23.8 Å². The number of benzene rings is 2. The van der Waals surface area contributed by atoms with Crippen LogP contribution in [0.4, 0.5) is 0 Å². The summed E-state index contributed by atoms with van der Waals surface area (Å²) in [6.07, 6.45) is 1.61. The Morgan fingerprint density at radius 3 is 2.44 bits per heavy atom. The maximum atomic E-state index is 13.3. The zero-order chi connectivity index (χ0) is 24.4. The highest BCUT2D eigenvalue weighted by Crippen LogP contribution is 2.35. The molecule has 0 N–H and O–H groups in total. The molecule has 1 aliphatic rings. The Kier molecular flexibility index (Phi) is 6.87. The summed E-state index contributed by atoms with van der Waals surface area (Å²) in [7, 11) is 1.73. The van der Waals surface area contributed by atoms with E-state index in [2.05, 4.69) is 11.1 Å². The topological polar surface area (TPSA) is 77.3 Å². The molecule has 2 atom stereocenters. The van der Waals surface area contributed by atoms with Crippen molar-refractivity contribution in [1.29, 1.82) is 5.26 Å². The van der Waals surface area contributed by atoms with Gasteiger partial charge in [0.15, 0.2) is 0 Å². The van der Waals surface area contributed by atoms with E-state index in [1.165, 1.54) is 0 Å². The van der Waals surface area contributed by atoms with Gasteiger partial charge in [-0.1, -0.05) is 29.3 Å². The summed E-state index contributed by atoms with van der Waals surface area (Å²) < 4.78 is 0. The third-order valence-electron chi connectivity index (χ3n) is 6.16. The summed E-state index contributed by atoms with van der Waals surface area (Å²) in [6, 6.07) is 17.3. The van der Waals surface area contributed by atoms with Crippen LogP contribution >= 0.6 is 23.2 Å². The molecule has 0 aliphatic carbocycles. The highest BCUT2D eigenvalue weighted by Gasteiger charge is 2.40. The number of nitrogens with zero attached hydrogens (tertiary/aromatic N) is 4. The number of likely N-dealkylation sites (tertiary alicyclic amines) is 1. The SMILES string of the molecule is Cc1ccnc(C(=O)N(C)[C@@H]2CN(C(=O)c3ccc(C#N)cc3)C[C@H]2c2ccc(Cl)c(Cl)c2)c1. The number of carbonyl (C=O) groups excluding carboxylic acids is 2. The molecule has 172 valence electrons. The molecule has 2 aromatic carbocycles.